The van der Waals surface area contributed by atoms with Crippen molar-refractivity contribution >= 4 is 11.5 Å². The van der Waals surface area contributed by atoms with Gasteiger partial charge in [-0.25, -0.2) is 4.68 Å². The van der Waals surface area contributed by atoms with Gasteiger partial charge in [-0.05, 0) is 19.1 Å². The molecule has 1 aliphatic heterocycles. The summed E-state index contributed by atoms with van der Waals surface area (Å²) in [6, 6.07) is 29.8. The van der Waals surface area contributed by atoms with Crippen LogP contribution in [0.25, 0.3) is 22.6 Å². The lowest BCUT2D eigenvalue weighted by Gasteiger charge is -2.26. The van der Waals surface area contributed by atoms with E-state index in [1.807, 2.05) is 103 Å². The highest BCUT2D eigenvalue weighted by atomic mass is 16.1. The molecule has 1 unspecified atom stereocenters. The maximum Gasteiger partial charge on any atom is 0.192 e. The number of allylic oxidation sites excluding steroid dienone is 3. The first-order valence-electron chi connectivity index (χ1n) is 11.1. The van der Waals surface area contributed by atoms with Gasteiger partial charge in [-0.15, -0.1) is 0 Å². The van der Waals surface area contributed by atoms with Crippen LogP contribution in [0.15, 0.2) is 108 Å². The number of nitrogens with one attached hydrogen (secondary N) is 1. The standard InChI is InChI=1S/C29H20N4O/c1-18-23(16-30)25(26-28(31-18)21-14-8-9-15-22(21)29(26)34)24-17-33(20-12-6-3-7-13-20)32-27(24)19-10-4-2-5-11-19/h2-15,17,25,31H,1H3. The molecular formula is C29H20N4O. The molecule has 5 heteroatoms. The van der Waals surface area contributed by atoms with E-state index in [4.69, 9.17) is 5.10 Å². The molecule has 0 radical (unpaired) electrons. The smallest absolute Gasteiger partial charge is 0.192 e. The molecule has 0 spiro atoms. The Morgan fingerprint density at radius 3 is 2.26 bits per heavy atom. The van der Waals surface area contributed by atoms with Crippen LogP contribution in [0.1, 0.15) is 34.3 Å². The van der Waals surface area contributed by atoms with Gasteiger partial charge in [0.05, 0.1) is 34.6 Å². The van der Waals surface area contributed by atoms with Crippen molar-refractivity contribution in [1.29, 1.82) is 5.26 Å². The Hall–Kier alpha value is -4.69. The minimum absolute atomic E-state index is 0.0465. The van der Waals surface area contributed by atoms with Crippen LogP contribution in [0.5, 0.6) is 0 Å². The van der Waals surface area contributed by atoms with Crippen LogP contribution >= 0.6 is 0 Å². The quantitative estimate of drug-likeness (QED) is 0.448. The summed E-state index contributed by atoms with van der Waals surface area (Å²) < 4.78 is 1.83. The largest absolute Gasteiger partial charge is 0.357 e. The van der Waals surface area contributed by atoms with Gasteiger partial charge in [0.25, 0.3) is 0 Å². The Morgan fingerprint density at radius 2 is 1.56 bits per heavy atom. The first-order valence-corrected chi connectivity index (χ1v) is 11.1. The fourth-order valence-corrected chi connectivity index (χ4v) is 4.92. The Morgan fingerprint density at radius 1 is 0.912 bits per heavy atom. The lowest BCUT2D eigenvalue weighted by Crippen LogP contribution is -2.24. The van der Waals surface area contributed by atoms with Crippen LogP contribution in [0, 0.1) is 11.3 Å². The maximum atomic E-state index is 13.7. The van der Waals surface area contributed by atoms with Gasteiger partial charge in [-0.2, -0.15) is 10.4 Å². The second-order valence-electron chi connectivity index (χ2n) is 8.45. The lowest BCUT2D eigenvalue weighted by molar-refractivity contribution is 0.103. The van der Waals surface area contributed by atoms with E-state index in [1.165, 1.54) is 0 Å². The predicted octanol–water partition coefficient (Wildman–Crippen LogP) is 5.63. The summed E-state index contributed by atoms with van der Waals surface area (Å²) in [6.45, 7) is 1.89. The normalized spacial score (nSPS) is 16.7. The van der Waals surface area contributed by atoms with Gasteiger partial charge in [-0.1, -0.05) is 72.8 Å². The predicted molar refractivity (Wildman–Crippen MR) is 131 cm³/mol. The van der Waals surface area contributed by atoms with Gasteiger partial charge < -0.3 is 5.32 Å². The summed E-state index contributed by atoms with van der Waals surface area (Å²) in [5, 5.41) is 18.5. The highest BCUT2D eigenvalue weighted by Crippen LogP contribution is 2.48. The monoisotopic (exact) mass is 440 g/mol. The highest BCUT2D eigenvalue weighted by molar-refractivity contribution is 6.22. The first kappa shape index (κ1) is 20.0. The van der Waals surface area contributed by atoms with Crippen molar-refractivity contribution in [2.75, 3.05) is 0 Å². The van der Waals surface area contributed by atoms with E-state index < -0.39 is 5.92 Å². The third-order valence-electron chi connectivity index (χ3n) is 6.49. The number of nitrogens with zero attached hydrogens (tertiary/aromatic N) is 3. The van der Waals surface area contributed by atoms with Gasteiger partial charge in [0.2, 0.25) is 0 Å². The molecule has 4 aromatic rings. The number of para-hydroxylation sites is 1. The number of carbonyl (C=O) groups is 1. The number of dihydropyridines is 1. The van der Waals surface area contributed by atoms with Crippen LogP contribution in [0.3, 0.4) is 0 Å². The van der Waals surface area contributed by atoms with Crippen molar-refractivity contribution < 1.29 is 4.79 Å². The minimum atomic E-state index is -0.520. The second-order valence-corrected chi connectivity index (χ2v) is 8.45. The molecule has 1 aliphatic carbocycles. The summed E-state index contributed by atoms with van der Waals surface area (Å²) in [4.78, 5) is 13.7. The maximum absolute atomic E-state index is 13.7. The second kappa shape index (κ2) is 7.72. The van der Waals surface area contributed by atoms with Gasteiger partial charge in [0.15, 0.2) is 5.78 Å². The number of fused-ring (bicyclic) bond motifs is 2. The van der Waals surface area contributed by atoms with E-state index in [9.17, 15) is 10.1 Å². The molecule has 6 rings (SSSR count). The number of hydrogen-bond acceptors (Lipinski definition) is 4. The minimum Gasteiger partial charge on any atom is -0.357 e. The summed E-state index contributed by atoms with van der Waals surface area (Å²) in [5.74, 6) is -0.566. The number of Topliss-reactive ketones (excluding diaryl/α,β-unsaturated/α-hetero) is 1. The summed E-state index contributed by atoms with van der Waals surface area (Å²) in [6.07, 6.45) is 1.96. The average molecular weight is 441 g/mol. The molecule has 0 fully saturated rings. The van der Waals surface area contributed by atoms with Crippen molar-refractivity contribution in [2.45, 2.75) is 12.8 Å². The van der Waals surface area contributed by atoms with Crippen LogP contribution in [-0.4, -0.2) is 15.6 Å². The van der Waals surface area contributed by atoms with Crippen LogP contribution in [0.2, 0.25) is 0 Å². The fourth-order valence-electron chi connectivity index (χ4n) is 4.92. The van der Waals surface area contributed by atoms with E-state index in [1.54, 1.807) is 0 Å². The van der Waals surface area contributed by atoms with E-state index in [0.717, 1.165) is 39.5 Å². The van der Waals surface area contributed by atoms with E-state index in [2.05, 4.69) is 11.4 Å². The number of carbonyl (C=O) groups excluding carboxylic acids is 1. The molecule has 2 aliphatic rings. The summed E-state index contributed by atoms with van der Waals surface area (Å²) >= 11 is 0. The molecule has 0 bridgehead atoms. The van der Waals surface area contributed by atoms with E-state index >= 15 is 0 Å². The van der Waals surface area contributed by atoms with Gasteiger partial charge in [-0.3, -0.25) is 4.79 Å². The Bertz CT molecular complexity index is 1550. The van der Waals surface area contributed by atoms with Crippen molar-refractivity contribution in [3.05, 3.63) is 125 Å². The van der Waals surface area contributed by atoms with E-state index in [0.29, 0.717) is 16.7 Å². The van der Waals surface area contributed by atoms with Crippen LogP contribution in [-0.2, 0) is 0 Å². The molecule has 1 N–H and O–H groups in total. The molecule has 0 amide bonds. The molecular weight excluding hydrogens is 420 g/mol. The molecule has 34 heavy (non-hydrogen) atoms. The number of nitriles is 1. The zero-order chi connectivity index (χ0) is 23.2. The number of rotatable bonds is 3. The zero-order valence-corrected chi connectivity index (χ0v) is 18.5. The molecule has 162 valence electrons. The summed E-state index contributed by atoms with van der Waals surface area (Å²) in [5.41, 5.74) is 7.65. The third kappa shape index (κ3) is 2.93. The van der Waals surface area contributed by atoms with Gasteiger partial charge in [0, 0.05) is 39.7 Å². The average Bonchev–Trinajstić information content (AvgIpc) is 3.45. The number of ketones is 1. The Labute approximate surface area is 197 Å². The van der Waals surface area contributed by atoms with Crippen LogP contribution < -0.4 is 5.32 Å². The topological polar surface area (TPSA) is 70.7 Å². The molecule has 3 aromatic carbocycles. The lowest BCUT2D eigenvalue weighted by atomic mass is 9.80. The zero-order valence-electron chi connectivity index (χ0n) is 18.5. The highest BCUT2D eigenvalue weighted by Gasteiger charge is 2.42. The first-order chi connectivity index (χ1) is 16.7. The molecule has 1 atom stereocenters. The third-order valence-corrected chi connectivity index (χ3v) is 6.49. The SMILES string of the molecule is CC1=C(C#N)C(c2cn(-c3ccccc3)nc2-c2ccccc2)C2=C(N1)c1ccccc1C2=O. The summed E-state index contributed by atoms with van der Waals surface area (Å²) in [7, 11) is 0. The Balaban J connectivity index is 1.62. The molecule has 0 saturated carbocycles. The molecule has 5 nitrogen and oxygen atoms in total. The molecule has 0 saturated heterocycles. The van der Waals surface area contributed by atoms with Crippen molar-refractivity contribution in [3.8, 4) is 23.0 Å². The Kier molecular flexibility index (Phi) is 4.53. The molecule has 1 aromatic heterocycles. The number of benzene rings is 3. The van der Waals surface area contributed by atoms with Crippen molar-refractivity contribution in [2.24, 2.45) is 0 Å². The molecule has 2 heterocycles. The van der Waals surface area contributed by atoms with Gasteiger partial charge >= 0.3 is 0 Å². The number of hydrogen-bond donors (Lipinski definition) is 1. The number of aromatic nitrogens is 2. The van der Waals surface area contributed by atoms with Crippen molar-refractivity contribution in [1.82, 2.24) is 15.1 Å². The van der Waals surface area contributed by atoms with E-state index in [-0.39, 0.29) is 5.78 Å². The van der Waals surface area contributed by atoms with Crippen molar-refractivity contribution in [3.63, 3.8) is 0 Å². The fraction of sp³-hybridized carbons (Fsp3) is 0.0690. The van der Waals surface area contributed by atoms with Crippen LogP contribution in [0.4, 0.5) is 0 Å². The van der Waals surface area contributed by atoms with Gasteiger partial charge in [0.1, 0.15) is 0 Å².